The Balaban J connectivity index is 1.35. The van der Waals surface area contributed by atoms with Gasteiger partial charge < -0.3 is 18.9 Å². The number of aromatic nitrogens is 2. The predicted molar refractivity (Wildman–Crippen MR) is 208 cm³/mol. The third kappa shape index (κ3) is 4.53. The van der Waals surface area contributed by atoms with E-state index in [1.165, 1.54) is 48.9 Å². The highest BCUT2D eigenvalue weighted by atomic mass is 16.5. The van der Waals surface area contributed by atoms with Crippen LogP contribution in [0.25, 0.3) is 76.5 Å². The molecule has 0 fully saturated rings. The Kier molecular flexibility index (Phi) is 6.58. The molecule has 9 aromatic rings. The van der Waals surface area contributed by atoms with E-state index < -0.39 is 11.2 Å². The molecule has 238 valence electrons. The second-order valence-electron chi connectivity index (χ2n) is 14.2. The molecule has 0 atom stereocenters. The molecule has 9 rings (SSSR count). The van der Waals surface area contributed by atoms with E-state index in [1.54, 1.807) is 13.8 Å². The van der Waals surface area contributed by atoms with Gasteiger partial charge in [0, 0.05) is 38.0 Å². The van der Waals surface area contributed by atoms with Gasteiger partial charge in [-0.15, -0.1) is 0 Å². The van der Waals surface area contributed by atoms with Gasteiger partial charge in [-0.3, -0.25) is 0 Å². The van der Waals surface area contributed by atoms with Crippen molar-refractivity contribution in [2.45, 2.75) is 38.9 Å². The molecule has 49 heavy (non-hydrogen) atoms. The SMILES string of the molecule is CC(C)(O)C(C)(C)OBc1ccc(-n2c3ccccc3c3cc4c5ccc6ccccc6c5n(-c5ccccc5)c4cc32)c2ccccc12. The predicted octanol–water partition coefficient (Wildman–Crippen LogP) is 9.73. The van der Waals surface area contributed by atoms with Crippen LogP contribution in [-0.2, 0) is 4.65 Å². The van der Waals surface area contributed by atoms with Crippen molar-refractivity contribution < 1.29 is 9.76 Å². The molecule has 7 aromatic carbocycles. The summed E-state index contributed by atoms with van der Waals surface area (Å²) in [6, 6.07) is 50.5. The van der Waals surface area contributed by atoms with Gasteiger partial charge in [-0.05, 0) is 80.3 Å². The van der Waals surface area contributed by atoms with Gasteiger partial charge >= 0.3 is 7.48 Å². The molecule has 0 aliphatic rings. The average molecular weight is 637 g/mol. The van der Waals surface area contributed by atoms with Crippen LogP contribution in [0, 0.1) is 0 Å². The van der Waals surface area contributed by atoms with Gasteiger partial charge in [0.2, 0.25) is 0 Å². The minimum Gasteiger partial charge on any atom is -0.427 e. The lowest BCUT2D eigenvalue weighted by atomic mass is 9.80. The Morgan fingerprint density at radius 2 is 1.14 bits per heavy atom. The molecule has 0 aliphatic carbocycles. The summed E-state index contributed by atoms with van der Waals surface area (Å²) in [4.78, 5) is 0. The molecular formula is C44H37BN2O2. The van der Waals surface area contributed by atoms with Crippen molar-refractivity contribution in [3.63, 3.8) is 0 Å². The first-order valence-corrected chi connectivity index (χ1v) is 17.0. The summed E-state index contributed by atoms with van der Waals surface area (Å²) in [5.74, 6) is 0. The number of para-hydroxylation sites is 2. The zero-order valence-electron chi connectivity index (χ0n) is 28.2. The van der Waals surface area contributed by atoms with Crippen LogP contribution in [0.4, 0.5) is 0 Å². The van der Waals surface area contributed by atoms with Crippen molar-refractivity contribution in [3.8, 4) is 11.4 Å². The first-order valence-electron chi connectivity index (χ1n) is 17.0. The fourth-order valence-corrected chi connectivity index (χ4v) is 7.44. The van der Waals surface area contributed by atoms with Crippen LogP contribution < -0.4 is 5.46 Å². The molecule has 2 heterocycles. The summed E-state index contributed by atoms with van der Waals surface area (Å²) < 4.78 is 11.2. The standard InChI is InChI=1S/C44H37BN2O2/c1-43(2,48)44(3,4)49-45-37-24-25-39(32-19-11-10-18-31(32)37)47-38-21-13-12-20-33(38)35-26-36-34-23-22-28-14-8-9-17-30(28)42(34)46(40(36)27-41(35)47)29-15-6-5-7-16-29/h5-27,45,48H,1-4H3. The van der Waals surface area contributed by atoms with E-state index in [1.807, 2.05) is 13.8 Å². The van der Waals surface area contributed by atoms with Gasteiger partial charge in [-0.2, -0.15) is 0 Å². The fourth-order valence-electron chi connectivity index (χ4n) is 7.44. The summed E-state index contributed by atoms with van der Waals surface area (Å²) >= 11 is 0. The lowest BCUT2D eigenvalue weighted by Crippen LogP contribution is -2.49. The summed E-state index contributed by atoms with van der Waals surface area (Å²) in [5, 5.41) is 20.5. The first-order chi connectivity index (χ1) is 23.7. The van der Waals surface area contributed by atoms with Crippen molar-refractivity contribution in [1.29, 1.82) is 0 Å². The molecule has 0 unspecified atom stereocenters. The lowest BCUT2D eigenvalue weighted by Gasteiger charge is -2.37. The molecule has 0 saturated heterocycles. The zero-order valence-corrected chi connectivity index (χ0v) is 28.2. The highest BCUT2D eigenvalue weighted by Crippen LogP contribution is 2.42. The number of hydrogen-bond donors (Lipinski definition) is 1. The molecule has 1 N–H and O–H groups in total. The minimum absolute atomic E-state index is 0.400. The number of nitrogens with zero attached hydrogens (tertiary/aromatic N) is 2. The summed E-state index contributed by atoms with van der Waals surface area (Å²) in [6.07, 6.45) is 0. The van der Waals surface area contributed by atoms with Gasteiger partial charge in [0.25, 0.3) is 0 Å². The zero-order chi connectivity index (χ0) is 33.5. The van der Waals surface area contributed by atoms with Crippen molar-refractivity contribution in [2.24, 2.45) is 0 Å². The Morgan fingerprint density at radius 3 is 1.92 bits per heavy atom. The molecule has 5 heteroatoms. The average Bonchev–Trinajstić information content (AvgIpc) is 3.62. The topological polar surface area (TPSA) is 39.3 Å². The van der Waals surface area contributed by atoms with Crippen LogP contribution in [0.15, 0.2) is 140 Å². The molecule has 0 radical (unpaired) electrons. The monoisotopic (exact) mass is 636 g/mol. The number of benzene rings is 7. The number of aliphatic hydroxyl groups is 1. The van der Waals surface area contributed by atoms with Gasteiger partial charge in [-0.1, -0.05) is 103 Å². The maximum Gasteiger partial charge on any atom is 0.310 e. The number of hydrogen-bond acceptors (Lipinski definition) is 2. The highest BCUT2D eigenvalue weighted by molar-refractivity contribution is 6.51. The van der Waals surface area contributed by atoms with Crippen molar-refractivity contribution in [1.82, 2.24) is 9.13 Å². The number of fused-ring (bicyclic) bond motifs is 9. The largest absolute Gasteiger partial charge is 0.427 e. The smallest absolute Gasteiger partial charge is 0.310 e. The summed E-state index contributed by atoms with van der Waals surface area (Å²) in [5.41, 5.74) is 6.40. The van der Waals surface area contributed by atoms with Crippen LogP contribution in [0.1, 0.15) is 27.7 Å². The van der Waals surface area contributed by atoms with Crippen molar-refractivity contribution in [2.75, 3.05) is 0 Å². The molecule has 2 aromatic heterocycles. The molecule has 4 nitrogen and oxygen atoms in total. The van der Waals surface area contributed by atoms with Gasteiger partial charge in [-0.25, -0.2) is 0 Å². The van der Waals surface area contributed by atoms with Gasteiger partial charge in [0.15, 0.2) is 0 Å². The lowest BCUT2D eigenvalue weighted by molar-refractivity contribution is -0.0893. The maximum atomic E-state index is 10.7. The van der Waals surface area contributed by atoms with E-state index in [0.29, 0.717) is 7.48 Å². The molecule has 0 saturated carbocycles. The van der Waals surface area contributed by atoms with E-state index in [2.05, 4.69) is 149 Å². The quantitative estimate of drug-likeness (QED) is 0.185. The minimum atomic E-state index is -0.981. The maximum absolute atomic E-state index is 10.7. The highest BCUT2D eigenvalue weighted by Gasteiger charge is 2.36. The third-order valence-corrected chi connectivity index (χ3v) is 10.8. The Bertz CT molecular complexity index is 2730. The van der Waals surface area contributed by atoms with E-state index in [9.17, 15) is 5.11 Å². The Hall–Kier alpha value is -5.36. The van der Waals surface area contributed by atoms with Crippen molar-refractivity contribution in [3.05, 3.63) is 140 Å². The van der Waals surface area contributed by atoms with E-state index >= 15 is 0 Å². The number of rotatable bonds is 6. The Morgan fingerprint density at radius 1 is 0.510 bits per heavy atom. The molecule has 0 bridgehead atoms. The van der Waals surface area contributed by atoms with Crippen LogP contribution >= 0.6 is 0 Å². The van der Waals surface area contributed by atoms with E-state index in [-0.39, 0.29) is 0 Å². The molecule has 0 amide bonds. The van der Waals surface area contributed by atoms with Crippen LogP contribution in [0.3, 0.4) is 0 Å². The summed E-state index contributed by atoms with van der Waals surface area (Å²) in [7, 11) is 0.400. The van der Waals surface area contributed by atoms with Crippen LogP contribution in [0.5, 0.6) is 0 Å². The fraction of sp³-hybridized carbons (Fsp3) is 0.136. The second kappa shape index (κ2) is 10.8. The summed E-state index contributed by atoms with van der Waals surface area (Å²) in [6.45, 7) is 7.49. The normalized spacial score (nSPS) is 12.7. The second-order valence-corrected chi connectivity index (χ2v) is 14.2. The van der Waals surface area contributed by atoms with Crippen LogP contribution in [0.2, 0.25) is 0 Å². The molecule has 0 aliphatic heterocycles. The van der Waals surface area contributed by atoms with E-state index in [4.69, 9.17) is 4.65 Å². The first kappa shape index (κ1) is 29.8. The molecule has 0 spiro atoms. The Labute approximate surface area is 286 Å². The van der Waals surface area contributed by atoms with E-state index in [0.717, 1.165) is 33.1 Å². The molecular weight excluding hydrogens is 599 g/mol. The van der Waals surface area contributed by atoms with Gasteiger partial charge in [0.1, 0.15) is 0 Å². The van der Waals surface area contributed by atoms with Crippen LogP contribution in [-0.4, -0.2) is 32.9 Å². The van der Waals surface area contributed by atoms with Crippen molar-refractivity contribution >= 4 is 78.1 Å². The van der Waals surface area contributed by atoms with Gasteiger partial charge in [0.05, 0.1) is 39.0 Å². The third-order valence-electron chi connectivity index (χ3n) is 10.8.